The molecule has 5 heterocycles. The molecular formula is C26H35FN8O4S. The second-order valence-electron chi connectivity index (χ2n) is 12.2. The number of carbonyl (C=O) groups excluding carboxylic acids is 1. The fraction of sp³-hybridized carbons (Fsp3) is 0.538. The van der Waals surface area contributed by atoms with Gasteiger partial charge in [-0.1, -0.05) is 13.8 Å². The van der Waals surface area contributed by atoms with Crippen molar-refractivity contribution in [3.63, 3.8) is 0 Å². The van der Waals surface area contributed by atoms with E-state index in [-0.39, 0.29) is 23.1 Å². The van der Waals surface area contributed by atoms with Crippen LogP contribution in [0.4, 0.5) is 16.0 Å². The van der Waals surface area contributed by atoms with Crippen molar-refractivity contribution in [3.05, 3.63) is 36.2 Å². The molecule has 1 fully saturated rings. The molecule has 0 spiro atoms. The highest BCUT2D eigenvalue weighted by Crippen LogP contribution is 2.38. The molecule has 0 radical (unpaired) electrons. The van der Waals surface area contributed by atoms with Gasteiger partial charge in [0.2, 0.25) is 5.88 Å². The number of aryl methyl sites for hydroxylation is 1. The molecular weight excluding hydrogens is 539 g/mol. The Morgan fingerprint density at radius 2 is 1.93 bits per heavy atom. The molecule has 1 amide bonds. The van der Waals surface area contributed by atoms with Crippen LogP contribution in [0.3, 0.4) is 0 Å². The largest absolute Gasteiger partial charge is 0.476 e. The quantitative estimate of drug-likeness (QED) is 0.471. The first-order valence-corrected chi connectivity index (χ1v) is 14.5. The number of ether oxygens (including phenoxy) is 1. The maximum atomic E-state index is 14.5. The maximum Gasteiger partial charge on any atom is 0.269 e. The van der Waals surface area contributed by atoms with Crippen molar-refractivity contribution in [2.75, 3.05) is 23.4 Å². The minimum Gasteiger partial charge on any atom is -0.476 e. The van der Waals surface area contributed by atoms with Gasteiger partial charge in [-0.15, -0.1) is 5.10 Å². The van der Waals surface area contributed by atoms with Crippen LogP contribution in [0.2, 0.25) is 0 Å². The van der Waals surface area contributed by atoms with Crippen molar-refractivity contribution in [2.45, 2.75) is 70.1 Å². The van der Waals surface area contributed by atoms with Crippen LogP contribution in [0.5, 0.6) is 5.88 Å². The predicted octanol–water partition coefficient (Wildman–Crippen LogP) is 3.06. The Balaban J connectivity index is 1.52. The predicted molar refractivity (Wildman–Crippen MR) is 147 cm³/mol. The van der Waals surface area contributed by atoms with Crippen molar-refractivity contribution in [1.82, 2.24) is 29.3 Å². The zero-order chi connectivity index (χ0) is 29.3. The minimum atomic E-state index is -4.21. The lowest BCUT2D eigenvalue weighted by molar-refractivity contribution is 0.0113. The van der Waals surface area contributed by atoms with Crippen molar-refractivity contribution in [2.24, 2.45) is 12.5 Å². The highest BCUT2D eigenvalue weighted by Gasteiger charge is 2.43. The van der Waals surface area contributed by atoms with Gasteiger partial charge in [0.05, 0.1) is 18.4 Å². The molecule has 2 N–H and O–H groups in total. The van der Waals surface area contributed by atoms with E-state index in [9.17, 15) is 17.6 Å². The van der Waals surface area contributed by atoms with Crippen LogP contribution in [0.25, 0.3) is 5.82 Å². The molecule has 40 heavy (non-hydrogen) atoms. The van der Waals surface area contributed by atoms with Crippen LogP contribution < -0.4 is 19.7 Å². The molecule has 5 rings (SSSR count). The molecule has 0 saturated carbocycles. The van der Waals surface area contributed by atoms with Crippen molar-refractivity contribution in [3.8, 4) is 11.7 Å². The van der Waals surface area contributed by atoms with Crippen molar-refractivity contribution < 1.29 is 22.3 Å². The van der Waals surface area contributed by atoms with Gasteiger partial charge in [0.1, 0.15) is 22.2 Å². The van der Waals surface area contributed by atoms with Gasteiger partial charge in [0, 0.05) is 42.9 Å². The van der Waals surface area contributed by atoms with Crippen LogP contribution in [0, 0.1) is 5.41 Å². The standard InChI is InChI=1S/C26H35FN8O4S/c1-24(2,26(5,6)27)15-39-20-10-11-35(31-20)19-9-8-17-21(30-19)34-14-16(12-25(34,3)4)29-22-18(13-28-33(22)7)40(37,38)32-23(17)36/h8-11,13,16,29H,12,14-15H2,1-7H3,(H,32,36)/t16-/m0/s1. The molecule has 2 aliphatic heterocycles. The Morgan fingerprint density at radius 3 is 2.62 bits per heavy atom. The molecule has 12 nitrogen and oxygen atoms in total. The molecule has 14 heteroatoms. The number of amides is 1. The van der Waals surface area contributed by atoms with E-state index < -0.39 is 32.6 Å². The molecule has 0 aliphatic carbocycles. The maximum absolute atomic E-state index is 14.5. The van der Waals surface area contributed by atoms with Gasteiger partial charge < -0.3 is 15.0 Å². The van der Waals surface area contributed by atoms with Crippen LogP contribution in [0.15, 0.2) is 35.5 Å². The number of aromatic nitrogens is 5. The second-order valence-corrected chi connectivity index (χ2v) is 13.8. The number of anilines is 2. The smallest absolute Gasteiger partial charge is 0.269 e. The Bertz CT molecular complexity index is 1570. The zero-order valence-corrected chi connectivity index (χ0v) is 24.5. The molecule has 216 valence electrons. The van der Waals surface area contributed by atoms with Gasteiger partial charge in [-0.05, 0) is 46.2 Å². The SMILES string of the molecule is Cn1ncc2c1N[C@@H]1CN(c3nc(-n4ccc(OCC(C)(C)C(C)(C)F)n4)ccc3C(=O)NS2(=O)=O)C(C)(C)C1. The van der Waals surface area contributed by atoms with Gasteiger partial charge in [-0.3, -0.25) is 9.48 Å². The summed E-state index contributed by atoms with van der Waals surface area (Å²) in [6, 6.07) is 4.64. The van der Waals surface area contributed by atoms with E-state index >= 15 is 0 Å². The van der Waals surface area contributed by atoms with E-state index in [0.29, 0.717) is 36.3 Å². The third kappa shape index (κ3) is 4.88. The fourth-order valence-corrected chi connectivity index (χ4v) is 5.90. The lowest BCUT2D eigenvalue weighted by Crippen LogP contribution is -2.41. The summed E-state index contributed by atoms with van der Waals surface area (Å²) in [5.74, 6) is 0.555. The van der Waals surface area contributed by atoms with Gasteiger partial charge in [0.15, 0.2) is 5.82 Å². The normalized spacial score (nSPS) is 20.1. The lowest BCUT2D eigenvalue weighted by Gasteiger charge is -2.34. The van der Waals surface area contributed by atoms with Crippen LogP contribution >= 0.6 is 0 Å². The number of hydrogen-bond acceptors (Lipinski definition) is 9. The summed E-state index contributed by atoms with van der Waals surface area (Å²) in [6.07, 6.45) is 3.55. The number of sulfonamides is 1. The summed E-state index contributed by atoms with van der Waals surface area (Å²) in [5, 5.41) is 11.9. The topological polar surface area (TPSA) is 136 Å². The Hall–Kier alpha value is -3.68. The molecule has 0 aromatic carbocycles. The molecule has 2 aliphatic rings. The van der Waals surface area contributed by atoms with Gasteiger partial charge in [-0.2, -0.15) is 5.10 Å². The van der Waals surface area contributed by atoms with Crippen LogP contribution in [-0.4, -0.2) is 69.3 Å². The first kappa shape index (κ1) is 27.9. The first-order chi connectivity index (χ1) is 18.5. The third-order valence-corrected chi connectivity index (χ3v) is 9.32. The van der Waals surface area contributed by atoms with E-state index in [1.165, 1.54) is 29.4 Å². The molecule has 1 atom stereocenters. The lowest BCUT2D eigenvalue weighted by atomic mass is 9.79. The summed E-state index contributed by atoms with van der Waals surface area (Å²) in [5.41, 5.74) is -2.50. The van der Waals surface area contributed by atoms with E-state index in [0.717, 1.165) is 0 Å². The number of halogens is 1. The van der Waals surface area contributed by atoms with Crippen LogP contribution in [-0.2, 0) is 17.1 Å². The first-order valence-electron chi connectivity index (χ1n) is 13.0. The highest BCUT2D eigenvalue weighted by molar-refractivity contribution is 7.90. The van der Waals surface area contributed by atoms with Gasteiger partial charge >= 0.3 is 0 Å². The number of rotatable bonds is 5. The van der Waals surface area contributed by atoms with Crippen molar-refractivity contribution in [1.29, 1.82) is 0 Å². The third-order valence-electron chi connectivity index (χ3n) is 7.99. The number of fused-ring (bicyclic) bond motifs is 5. The van der Waals surface area contributed by atoms with E-state index in [4.69, 9.17) is 9.72 Å². The number of alkyl halides is 1. The molecule has 3 aromatic heterocycles. The summed E-state index contributed by atoms with van der Waals surface area (Å²) in [7, 11) is -2.57. The monoisotopic (exact) mass is 574 g/mol. The second kappa shape index (κ2) is 9.18. The molecule has 2 bridgehead atoms. The van der Waals surface area contributed by atoms with Crippen LogP contribution in [0.1, 0.15) is 58.3 Å². The molecule has 3 aromatic rings. The van der Waals surface area contributed by atoms with Gasteiger partial charge in [-0.25, -0.2) is 27.2 Å². The zero-order valence-electron chi connectivity index (χ0n) is 23.7. The number of hydrogen-bond donors (Lipinski definition) is 2. The number of nitrogens with zero attached hydrogens (tertiary/aromatic N) is 6. The summed E-state index contributed by atoms with van der Waals surface area (Å²) in [6.45, 7) is 11.3. The Labute approximate surface area is 233 Å². The van der Waals surface area contributed by atoms with E-state index in [2.05, 4.69) is 20.2 Å². The summed E-state index contributed by atoms with van der Waals surface area (Å²) >= 11 is 0. The molecule has 0 unspecified atom stereocenters. The van der Waals surface area contributed by atoms with Crippen molar-refractivity contribution >= 4 is 27.6 Å². The average Bonchev–Trinajstić information content (AvgIpc) is 3.53. The summed E-state index contributed by atoms with van der Waals surface area (Å²) < 4.78 is 51.8. The number of carbonyl (C=O) groups is 1. The summed E-state index contributed by atoms with van der Waals surface area (Å²) in [4.78, 5) is 20.1. The van der Waals surface area contributed by atoms with E-state index in [1.54, 1.807) is 45.3 Å². The number of pyridine rings is 1. The Morgan fingerprint density at radius 1 is 1.20 bits per heavy atom. The number of nitrogens with one attached hydrogen (secondary N) is 2. The Kier molecular flexibility index (Phi) is 6.40. The van der Waals surface area contributed by atoms with E-state index in [1.807, 2.05) is 18.7 Å². The average molecular weight is 575 g/mol. The van der Waals surface area contributed by atoms with Gasteiger partial charge in [0.25, 0.3) is 15.9 Å². The molecule has 1 saturated heterocycles. The fourth-order valence-electron chi connectivity index (χ4n) is 4.81. The highest BCUT2D eigenvalue weighted by atomic mass is 32.2. The minimum absolute atomic E-state index is 0.101.